The number of nitrogens with one attached hydrogen (secondary N) is 1. The lowest BCUT2D eigenvalue weighted by Gasteiger charge is -2.14. The summed E-state index contributed by atoms with van der Waals surface area (Å²) in [5.74, 6) is -0.858. The predicted octanol–water partition coefficient (Wildman–Crippen LogP) is 1.23. The van der Waals surface area contributed by atoms with Crippen LogP contribution in [0.15, 0.2) is 18.2 Å². The van der Waals surface area contributed by atoms with Crippen molar-refractivity contribution in [3.63, 3.8) is 0 Å². The van der Waals surface area contributed by atoms with Crippen molar-refractivity contribution in [1.82, 2.24) is 0 Å². The van der Waals surface area contributed by atoms with Crippen LogP contribution < -0.4 is 10.5 Å². The fourth-order valence-corrected chi connectivity index (χ4v) is 2.33. The number of esters is 1. The van der Waals surface area contributed by atoms with Crippen LogP contribution in [0.4, 0.5) is 11.4 Å². The lowest BCUT2D eigenvalue weighted by Crippen LogP contribution is -2.33. The minimum atomic E-state index is -3.93. The Balaban J connectivity index is 3.02. The van der Waals surface area contributed by atoms with Crippen LogP contribution in [0.1, 0.15) is 6.92 Å². The summed E-state index contributed by atoms with van der Waals surface area (Å²) in [6.07, 6.45) is 0. The molecule has 1 rings (SSSR count). The van der Waals surface area contributed by atoms with E-state index in [9.17, 15) is 13.2 Å². The summed E-state index contributed by atoms with van der Waals surface area (Å²) < 4.78 is 30.3. The second-order valence-electron chi connectivity index (χ2n) is 3.54. The molecule has 8 heteroatoms. The molecule has 0 radical (unpaired) electrons. The van der Waals surface area contributed by atoms with E-state index in [1.807, 2.05) is 0 Å². The number of benzene rings is 1. The summed E-state index contributed by atoms with van der Waals surface area (Å²) in [6, 6.07) is 4.35. The number of nitrogen functional groups attached to an aromatic ring is 1. The zero-order chi connectivity index (χ0) is 13.9. The molecule has 0 bridgehead atoms. The maximum absolute atomic E-state index is 11.9. The third-order valence-corrected chi connectivity index (χ3v) is 4.13. The number of sulfonamides is 1. The number of carbonyl (C=O) groups is 1. The highest BCUT2D eigenvalue weighted by Crippen LogP contribution is 2.24. The molecule has 0 aliphatic heterocycles. The first-order chi connectivity index (χ1) is 8.27. The van der Waals surface area contributed by atoms with Crippen LogP contribution in [0.25, 0.3) is 0 Å². The molecule has 0 saturated heterocycles. The average Bonchev–Trinajstić information content (AvgIpc) is 2.31. The summed E-state index contributed by atoms with van der Waals surface area (Å²) in [7, 11) is -2.81. The predicted molar refractivity (Wildman–Crippen MR) is 69.9 cm³/mol. The van der Waals surface area contributed by atoms with E-state index >= 15 is 0 Å². The molecule has 0 saturated carbocycles. The Bertz CT molecular complexity index is 559. The van der Waals surface area contributed by atoms with Crippen molar-refractivity contribution in [2.45, 2.75) is 12.2 Å². The van der Waals surface area contributed by atoms with Crippen LogP contribution in [0, 0.1) is 0 Å². The molecule has 0 aliphatic rings. The minimum Gasteiger partial charge on any atom is -0.468 e. The van der Waals surface area contributed by atoms with Gasteiger partial charge >= 0.3 is 5.97 Å². The fourth-order valence-electron chi connectivity index (χ4n) is 1.15. The number of ether oxygens (including phenoxy) is 1. The number of anilines is 2. The zero-order valence-corrected chi connectivity index (χ0v) is 11.4. The zero-order valence-electron chi connectivity index (χ0n) is 9.81. The quantitative estimate of drug-likeness (QED) is 0.642. The van der Waals surface area contributed by atoms with Crippen molar-refractivity contribution in [1.29, 1.82) is 0 Å². The first kappa shape index (κ1) is 14.6. The molecule has 6 nitrogen and oxygen atoms in total. The van der Waals surface area contributed by atoms with Crippen LogP contribution in [-0.2, 0) is 19.6 Å². The Kier molecular flexibility index (Phi) is 4.42. The topological polar surface area (TPSA) is 98.5 Å². The number of nitrogens with two attached hydrogens (primary N) is 1. The molecule has 0 fully saturated rings. The molecule has 18 heavy (non-hydrogen) atoms. The van der Waals surface area contributed by atoms with E-state index in [-0.39, 0.29) is 11.4 Å². The van der Waals surface area contributed by atoms with Crippen LogP contribution in [-0.4, -0.2) is 26.7 Å². The van der Waals surface area contributed by atoms with Crippen molar-refractivity contribution < 1.29 is 17.9 Å². The van der Waals surface area contributed by atoms with E-state index in [1.54, 1.807) is 0 Å². The van der Waals surface area contributed by atoms with E-state index in [4.69, 9.17) is 17.3 Å². The summed E-state index contributed by atoms with van der Waals surface area (Å²) in [5, 5.41) is -1.02. The normalized spacial score (nSPS) is 12.8. The molecule has 0 heterocycles. The highest BCUT2D eigenvalue weighted by molar-refractivity contribution is 7.94. The molecule has 0 aromatic heterocycles. The molecular weight excluding hydrogens is 280 g/mol. The molecule has 0 aliphatic carbocycles. The monoisotopic (exact) mass is 292 g/mol. The number of halogens is 1. The molecule has 1 unspecified atom stereocenters. The van der Waals surface area contributed by atoms with Crippen molar-refractivity contribution >= 4 is 39.0 Å². The Morgan fingerprint density at radius 3 is 2.67 bits per heavy atom. The van der Waals surface area contributed by atoms with Gasteiger partial charge in [0.05, 0.1) is 18.5 Å². The second kappa shape index (κ2) is 5.45. The molecular formula is C10H13ClN2O4S. The van der Waals surface area contributed by atoms with Gasteiger partial charge in [-0.05, 0) is 25.1 Å². The molecule has 1 atom stereocenters. The van der Waals surface area contributed by atoms with Gasteiger partial charge in [-0.15, -0.1) is 0 Å². The summed E-state index contributed by atoms with van der Waals surface area (Å²) >= 11 is 5.73. The van der Waals surface area contributed by atoms with E-state index < -0.39 is 21.2 Å². The smallest absolute Gasteiger partial charge is 0.325 e. The van der Waals surface area contributed by atoms with Gasteiger partial charge in [-0.1, -0.05) is 11.6 Å². The van der Waals surface area contributed by atoms with Crippen molar-refractivity contribution in [3.8, 4) is 0 Å². The van der Waals surface area contributed by atoms with Gasteiger partial charge in [0.1, 0.15) is 0 Å². The molecule has 0 spiro atoms. The number of carbonyl (C=O) groups excluding carboxylic acids is 1. The standard InChI is InChI=1S/C10H13ClN2O4S/c1-6(10(14)17-2)18(15,16)13-9-5-7(11)3-4-8(9)12/h3-6,13H,12H2,1-2H3. The third kappa shape index (κ3) is 3.27. The largest absolute Gasteiger partial charge is 0.468 e. The van der Waals surface area contributed by atoms with Crippen LogP contribution in [0.3, 0.4) is 0 Å². The van der Waals surface area contributed by atoms with Gasteiger partial charge in [-0.2, -0.15) is 0 Å². The summed E-state index contributed by atoms with van der Waals surface area (Å²) in [4.78, 5) is 11.2. The van der Waals surface area contributed by atoms with E-state index in [0.717, 1.165) is 7.11 Å². The van der Waals surface area contributed by atoms with Gasteiger partial charge in [0.25, 0.3) is 0 Å². The highest BCUT2D eigenvalue weighted by atomic mass is 35.5. The maximum atomic E-state index is 11.9. The minimum absolute atomic E-state index is 0.123. The van der Waals surface area contributed by atoms with E-state index in [0.29, 0.717) is 5.02 Å². The molecule has 3 N–H and O–H groups in total. The summed E-state index contributed by atoms with van der Waals surface area (Å²) in [6.45, 7) is 1.22. The van der Waals surface area contributed by atoms with Gasteiger partial charge in [0.15, 0.2) is 5.25 Å². The Hall–Kier alpha value is -1.47. The first-order valence-electron chi connectivity index (χ1n) is 4.92. The van der Waals surface area contributed by atoms with Gasteiger partial charge in [0, 0.05) is 5.02 Å². The number of methoxy groups -OCH3 is 1. The number of hydrogen-bond acceptors (Lipinski definition) is 5. The Morgan fingerprint density at radius 2 is 2.11 bits per heavy atom. The first-order valence-corrected chi connectivity index (χ1v) is 6.85. The van der Waals surface area contributed by atoms with Crippen LogP contribution in [0.2, 0.25) is 5.02 Å². The second-order valence-corrected chi connectivity index (χ2v) is 5.98. The van der Waals surface area contributed by atoms with Crippen molar-refractivity contribution in [2.75, 3.05) is 17.6 Å². The lowest BCUT2D eigenvalue weighted by atomic mass is 10.3. The Labute approximate surface area is 110 Å². The van der Waals surface area contributed by atoms with Crippen molar-refractivity contribution in [3.05, 3.63) is 23.2 Å². The van der Waals surface area contributed by atoms with Crippen LogP contribution in [0.5, 0.6) is 0 Å². The SMILES string of the molecule is COC(=O)C(C)S(=O)(=O)Nc1cc(Cl)ccc1N. The Morgan fingerprint density at radius 1 is 1.50 bits per heavy atom. The molecule has 1 aromatic carbocycles. The highest BCUT2D eigenvalue weighted by Gasteiger charge is 2.29. The van der Waals surface area contributed by atoms with Gasteiger partial charge < -0.3 is 10.5 Å². The third-order valence-electron chi connectivity index (χ3n) is 2.27. The van der Waals surface area contributed by atoms with Crippen LogP contribution >= 0.6 is 11.6 Å². The molecule has 1 aromatic rings. The van der Waals surface area contributed by atoms with E-state index in [2.05, 4.69) is 9.46 Å². The number of rotatable bonds is 4. The van der Waals surface area contributed by atoms with Gasteiger partial charge in [-0.3, -0.25) is 9.52 Å². The molecule has 0 amide bonds. The van der Waals surface area contributed by atoms with Gasteiger partial charge in [0.2, 0.25) is 10.0 Å². The average molecular weight is 293 g/mol. The maximum Gasteiger partial charge on any atom is 0.325 e. The molecule has 100 valence electrons. The lowest BCUT2D eigenvalue weighted by molar-refractivity contribution is -0.139. The fraction of sp³-hybridized carbons (Fsp3) is 0.300. The van der Waals surface area contributed by atoms with E-state index in [1.165, 1.54) is 25.1 Å². The van der Waals surface area contributed by atoms with Crippen molar-refractivity contribution in [2.24, 2.45) is 0 Å². The number of hydrogen-bond donors (Lipinski definition) is 2. The summed E-state index contributed by atoms with van der Waals surface area (Å²) in [5.41, 5.74) is 5.94. The van der Waals surface area contributed by atoms with Gasteiger partial charge in [-0.25, -0.2) is 8.42 Å².